The van der Waals surface area contributed by atoms with Crippen LogP contribution in [0.4, 0.5) is 0 Å². The molecule has 2 N–H and O–H groups in total. The van der Waals surface area contributed by atoms with Crippen molar-refractivity contribution in [2.45, 2.75) is 296 Å². The van der Waals surface area contributed by atoms with Gasteiger partial charge in [-0.2, -0.15) is 0 Å². The molecule has 382 valence electrons. The topological polar surface area (TPSA) is 108 Å². The van der Waals surface area contributed by atoms with Crippen molar-refractivity contribution in [2.75, 3.05) is 40.9 Å². The number of nitrogens with one attached hydrogen (secondary N) is 1. The maximum Gasteiger partial charge on any atom is 0.268 e. The van der Waals surface area contributed by atoms with Crippen LogP contribution in [0.25, 0.3) is 0 Å². The number of quaternary nitrogens is 1. The van der Waals surface area contributed by atoms with Gasteiger partial charge in [-0.25, -0.2) is 0 Å². The van der Waals surface area contributed by atoms with Gasteiger partial charge in [-0.3, -0.25) is 9.36 Å². The number of nitrogens with zero attached hydrogens (tertiary/aromatic N) is 1. The number of aliphatic hydroxyl groups excluding tert-OH is 1. The Kier molecular flexibility index (Phi) is 46.8. The second-order valence-electron chi connectivity index (χ2n) is 20.7. The molecule has 0 aliphatic rings. The fraction of sp³-hybridized carbons (Fsp3) is 0.945. The summed E-state index contributed by atoms with van der Waals surface area (Å²) in [6, 6.07) is -0.881. The summed E-state index contributed by atoms with van der Waals surface area (Å²) in [5, 5.41) is 13.9. The van der Waals surface area contributed by atoms with Gasteiger partial charge in [-0.15, -0.1) is 0 Å². The lowest BCUT2D eigenvalue weighted by molar-refractivity contribution is -0.870. The minimum Gasteiger partial charge on any atom is -0.756 e. The molecule has 0 aliphatic heterocycles. The smallest absolute Gasteiger partial charge is 0.268 e. The molecule has 0 heterocycles. The molecule has 3 unspecified atom stereocenters. The number of aliphatic hydroxyl groups is 1. The number of phosphoric ester groups is 1. The van der Waals surface area contributed by atoms with Crippen molar-refractivity contribution in [2.24, 2.45) is 0 Å². The van der Waals surface area contributed by atoms with Crippen molar-refractivity contribution in [3.05, 3.63) is 12.2 Å². The van der Waals surface area contributed by atoms with Gasteiger partial charge in [0.15, 0.2) is 0 Å². The first-order valence-electron chi connectivity index (χ1n) is 28.1. The zero-order valence-corrected chi connectivity index (χ0v) is 44.4. The molecule has 1 amide bonds. The second-order valence-corrected chi connectivity index (χ2v) is 22.1. The number of rotatable bonds is 52. The number of phosphoric acid groups is 1. The minimum absolute atomic E-state index is 0.00254. The van der Waals surface area contributed by atoms with Gasteiger partial charge in [-0.05, 0) is 19.3 Å². The van der Waals surface area contributed by atoms with E-state index < -0.39 is 20.0 Å². The molecule has 0 bridgehead atoms. The third-order valence-corrected chi connectivity index (χ3v) is 14.0. The Morgan fingerprint density at radius 1 is 0.531 bits per heavy atom. The Balaban J connectivity index is 4.15. The predicted molar refractivity (Wildman–Crippen MR) is 275 cm³/mol. The van der Waals surface area contributed by atoms with Crippen LogP contribution in [0.1, 0.15) is 284 Å². The van der Waals surface area contributed by atoms with Gasteiger partial charge >= 0.3 is 0 Å². The van der Waals surface area contributed by atoms with E-state index in [0.29, 0.717) is 17.4 Å². The van der Waals surface area contributed by atoms with E-state index in [-0.39, 0.29) is 19.1 Å². The van der Waals surface area contributed by atoms with Crippen molar-refractivity contribution in [3.63, 3.8) is 0 Å². The molecule has 0 aliphatic carbocycles. The molecule has 9 heteroatoms. The predicted octanol–water partition coefficient (Wildman–Crippen LogP) is 16.0. The molecule has 0 radical (unpaired) electrons. The summed E-state index contributed by atoms with van der Waals surface area (Å²) >= 11 is 0. The molecule has 0 fully saturated rings. The van der Waals surface area contributed by atoms with E-state index in [1.807, 2.05) is 27.2 Å². The van der Waals surface area contributed by atoms with E-state index >= 15 is 0 Å². The zero-order valence-electron chi connectivity index (χ0n) is 43.5. The van der Waals surface area contributed by atoms with Crippen LogP contribution in [-0.4, -0.2) is 68.5 Å². The number of likely N-dealkylation sites (N-methyl/N-ethyl adjacent to an activating group) is 1. The van der Waals surface area contributed by atoms with Crippen LogP contribution >= 0.6 is 7.82 Å². The monoisotopic (exact) mass is 927 g/mol. The number of allylic oxidation sites excluding steroid dienone is 1. The number of unbranched alkanes of at least 4 members (excludes halogenated alkanes) is 39. The van der Waals surface area contributed by atoms with Crippen molar-refractivity contribution < 1.29 is 32.9 Å². The molecular weight excluding hydrogens is 816 g/mol. The van der Waals surface area contributed by atoms with E-state index in [4.69, 9.17) is 9.05 Å². The van der Waals surface area contributed by atoms with Gasteiger partial charge in [0, 0.05) is 6.42 Å². The summed E-state index contributed by atoms with van der Waals surface area (Å²) in [6.07, 6.45) is 57.1. The van der Waals surface area contributed by atoms with E-state index in [9.17, 15) is 19.4 Å². The lowest BCUT2D eigenvalue weighted by atomic mass is 10.0. The van der Waals surface area contributed by atoms with Gasteiger partial charge in [0.1, 0.15) is 13.2 Å². The molecular formula is C55H111N2O6P. The zero-order chi connectivity index (χ0) is 47.1. The Bertz CT molecular complexity index is 1050. The minimum atomic E-state index is -4.59. The number of carbonyl (C=O) groups is 1. The average molecular weight is 927 g/mol. The fourth-order valence-corrected chi connectivity index (χ4v) is 9.29. The number of hydrogen-bond donors (Lipinski definition) is 2. The summed E-state index contributed by atoms with van der Waals surface area (Å²) in [7, 11) is 1.28. The summed E-state index contributed by atoms with van der Waals surface area (Å²) in [5.41, 5.74) is 0. The van der Waals surface area contributed by atoms with Gasteiger partial charge in [0.25, 0.3) is 7.82 Å². The van der Waals surface area contributed by atoms with E-state index in [0.717, 1.165) is 38.5 Å². The standard InChI is InChI=1S/C55H111N2O6P/c1-6-8-10-12-14-16-18-20-22-23-24-25-26-27-28-29-30-31-32-33-35-36-38-40-42-44-46-48-54(58)53(52-63-64(60,61)62-51-50-57(3,4)5)56-55(59)49-47-45-43-41-39-37-34-21-19-17-15-13-11-9-7-2/h46,48,53-54,58H,6-45,47,49-52H2,1-5H3,(H-,56,59,60,61)/b48-46+. The van der Waals surface area contributed by atoms with E-state index in [2.05, 4.69) is 19.2 Å². The third-order valence-electron chi connectivity index (χ3n) is 13.0. The molecule has 0 saturated heterocycles. The van der Waals surface area contributed by atoms with Crippen LogP contribution in [0.3, 0.4) is 0 Å². The number of hydrogen-bond acceptors (Lipinski definition) is 6. The molecule has 0 aromatic rings. The normalized spacial score (nSPS) is 14.0. The van der Waals surface area contributed by atoms with Crippen molar-refractivity contribution in [3.8, 4) is 0 Å². The molecule has 8 nitrogen and oxygen atoms in total. The maximum atomic E-state index is 12.9. The number of amides is 1. The van der Waals surface area contributed by atoms with Crippen molar-refractivity contribution >= 4 is 13.7 Å². The highest BCUT2D eigenvalue weighted by molar-refractivity contribution is 7.45. The largest absolute Gasteiger partial charge is 0.756 e. The Morgan fingerprint density at radius 2 is 0.844 bits per heavy atom. The average Bonchev–Trinajstić information content (AvgIpc) is 3.25. The highest BCUT2D eigenvalue weighted by atomic mass is 31.2. The summed E-state index contributed by atoms with van der Waals surface area (Å²) < 4.78 is 23.3. The Morgan fingerprint density at radius 3 is 1.17 bits per heavy atom. The Labute approximate surface area is 399 Å². The fourth-order valence-electron chi connectivity index (χ4n) is 8.57. The van der Waals surface area contributed by atoms with Crippen molar-refractivity contribution in [1.82, 2.24) is 5.32 Å². The highest BCUT2D eigenvalue weighted by Crippen LogP contribution is 2.38. The van der Waals surface area contributed by atoms with Gasteiger partial charge in [0.05, 0.1) is 39.9 Å². The lowest BCUT2D eigenvalue weighted by Gasteiger charge is -2.29. The van der Waals surface area contributed by atoms with Crippen molar-refractivity contribution in [1.29, 1.82) is 0 Å². The quantitative estimate of drug-likeness (QED) is 0.0272. The van der Waals surface area contributed by atoms with Crippen LogP contribution in [0.15, 0.2) is 12.2 Å². The SMILES string of the molecule is CCCCCCCCCCCCCCCCCCCCCCCCCCC/C=C/C(O)C(COP(=O)([O-])OCC[N+](C)(C)C)NC(=O)CCCCCCCCCCCCCCCCC. The summed E-state index contributed by atoms with van der Waals surface area (Å²) in [5.74, 6) is -0.192. The summed E-state index contributed by atoms with van der Waals surface area (Å²) in [4.78, 5) is 25.4. The van der Waals surface area contributed by atoms with Gasteiger partial charge in [-0.1, -0.05) is 270 Å². The third kappa shape index (κ3) is 49.2. The molecule has 0 spiro atoms. The first kappa shape index (κ1) is 63.2. The first-order valence-corrected chi connectivity index (χ1v) is 29.5. The van der Waals surface area contributed by atoms with E-state index in [1.165, 1.54) is 225 Å². The molecule has 64 heavy (non-hydrogen) atoms. The Hall–Kier alpha value is -0.760. The van der Waals surface area contributed by atoms with Crippen LogP contribution in [0.2, 0.25) is 0 Å². The molecule has 0 rings (SSSR count). The molecule has 0 aromatic heterocycles. The number of carbonyl (C=O) groups excluding carboxylic acids is 1. The van der Waals surface area contributed by atoms with Crippen LogP contribution < -0.4 is 10.2 Å². The van der Waals surface area contributed by atoms with Crippen LogP contribution in [0, 0.1) is 0 Å². The first-order chi connectivity index (χ1) is 31.0. The molecule has 0 saturated carbocycles. The molecule has 3 atom stereocenters. The maximum absolute atomic E-state index is 12.9. The lowest BCUT2D eigenvalue weighted by Crippen LogP contribution is -2.45. The highest BCUT2D eigenvalue weighted by Gasteiger charge is 2.23. The summed E-state index contributed by atoms with van der Waals surface area (Å²) in [6.45, 7) is 4.69. The van der Waals surface area contributed by atoms with E-state index in [1.54, 1.807) is 6.08 Å². The molecule has 0 aromatic carbocycles. The second kappa shape index (κ2) is 47.3. The van der Waals surface area contributed by atoms with Gasteiger partial charge < -0.3 is 28.8 Å². The van der Waals surface area contributed by atoms with Crippen LogP contribution in [0.5, 0.6) is 0 Å². The van der Waals surface area contributed by atoms with Crippen LogP contribution in [-0.2, 0) is 18.4 Å². The van der Waals surface area contributed by atoms with Gasteiger partial charge in [0.2, 0.25) is 5.91 Å².